The second-order valence-electron chi connectivity index (χ2n) is 3.70. The fourth-order valence-corrected chi connectivity index (χ4v) is 1.91. The monoisotopic (exact) mass is 218 g/mol. The smallest absolute Gasteiger partial charge is 0.322 e. The zero-order valence-electron chi connectivity index (χ0n) is 8.38. The quantitative estimate of drug-likeness (QED) is 0.752. The van der Waals surface area contributed by atoms with E-state index in [9.17, 15) is 9.59 Å². The minimum absolute atomic E-state index is 0.402. The van der Waals surface area contributed by atoms with Crippen LogP contribution in [0.4, 0.5) is 0 Å². The van der Waals surface area contributed by atoms with Gasteiger partial charge in [0.25, 0.3) is 0 Å². The van der Waals surface area contributed by atoms with Gasteiger partial charge >= 0.3 is 11.9 Å². The lowest BCUT2D eigenvalue weighted by Crippen LogP contribution is -2.25. The van der Waals surface area contributed by atoms with Crippen molar-refractivity contribution in [3.05, 3.63) is 41.0 Å². The van der Waals surface area contributed by atoms with Gasteiger partial charge in [0.1, 0.15) is 0 Å². The Morgan fingerprint density at radius 1 is 1.12 bits per heavy atom. The van der Waals surface area contributed by atoms with Crippen LogP contribution in [0, 0.1) is 5.92 Å². The van der Waals surface area contributed by atoms with E-state index in [1.165, 1.54) is 0 Å². The Hall–Kier alpha value is -2.10. The van der Waals surface area contributed by atoms with E-state index >= 15 is 0 Å². The Labute approximate surface area is 91.8 Å². The summed E-state index contributed by atoms with van der Waals surface area (Å²) in [5.74, 6) is -4.06. The maximum atomic E-state index is 10.9. The van der Waals surface area contributed by atoms with E-state index in [2.05, 4.69) is 0 Å². The third-order valence-corrected chi connectivity index (χ3v) is 2.66. The van der Waals surface area contributed by atoms with Gasteiger partial charge in [-0.3, -0.25) is 9.59 Å². The van der Waals surface area contributed by atoms with E-state index in [0.717, 1.165) is 11.1 Å². The summed E-state index contributed by atoms with van der Waals surface area (Å²) in [6.45, 7) is 0. The average molecular weight is 218 g/mol. The van der Waals surface area contributed by atoms with Crippen molar-refractivity contribution < 1.29 is 19.8 Å². The first-order chi connectivity index (χ1) is 7.59. The first-order valence-corrected chi connectivity index (χ1v) is 4.83. The van der Waals surface area contributed by atoms with Crippen molar-refractivity contribution in [2.45, 2.75) is 6.42 Å². The molecule has 0 spiro atoms. The maximum Gasteiger partial charge on any atom is 0.322 e. The van der Waals surface area contributed by atoms with Gasteiger partial charge in [-0.05, 0) is 23.1 Å². The molecule has 2 N–H and O–H groups in total. The van der Waals surface area contributed by atoms with Gasteiger partial charge in [-0.2, -0.15) is 0 Å². The largest absolute Gasteiger partial charge is 0.480 e. The molecular formula is C12H10O4. The molecule has 1 aromatic carbocycles. The number of carbonyl (C=O) groups is 2. The minimum atomic E-state index is -1.44. The number of carboxylic acids is 2. The molecule has 16 heavy (non-hydrogen) atoms. The molecule has 4 nitrogen and oxygen atoms in total. The molecule has 1 aliphatic carbocycles. The predicted molar refractivity (Wildman–Crippen MR) is 56.9 cm³/mol. The van der Waals surface area contributed by atoms with Crippen LogP contribution in [0.5, 0.6) is 0 Å². The zero-order valence-corrected chi connectivity index (χ0v) is 8.38. The van der Waals surface area contributed by atoms with Crippen molar-refractivity contribution in [3.63, 3.8) is 0 Å². The maximum absolute atomic E-state index is 10.9. The Bertz CT molecular complexity index is 474. The normalized spacial score (nSPS) is 13.4. The lowest BCUT2D eigenvalue weighted by Gasteiger charge is -2.07. The zero-order chi connectivity index (χ0) is 11.7. The van der Waals surface area contributed by atoms with Gasteiger partial charge in [-0.1, -0.05) is 30.3 Å². The molecule has 0 unspecified atom stereocenters. The van der Waals surface area contributed by atoms with Crippen LogP contribution >= 0.6 is 0 Å². The Morgan fingerprint density at radius 2 is 1.75 bits per heavy atom. The van der Waals surface area contributed by atoms with Gasteiger partial charge in [0.2, 0.25) is 0 Å². The van der Waals surface area contributed by atoms with Crippen LogP contribution in [0.15, 0.2) is 29.8 Å². The van der Waals surface area contributed by atoms with E-state index in [4.69, 9.17) is 10.2 Å². The molecule has 82 valence electrons. The molecule has 0 radical (unpaired) electrons. The van der Waals surface area contributed by atoms with Gasteiger partial charge in [-0.15, -0.1) is 0 Å². The summed E-state index contributed by atoms with van der Waals surface area (Å²) in [6.07, 6.45) is 2.06. The summed E-state index contributed by atoms with van der Waals surface area (Å²) in [5, 5.41) is 17.7. The highest BCUT2D eigenvalue weighted by atomic mass is 16.4. The van der Waals surface area contributed by atoms with Crippen molar-refractivity contribution in [2.24, 2.45) is 5.92 Å². The lowest BCUT2D eigenvalue weighted by atomic mass is 9.97. The molecule has 0 fully saturated rings. The molecule has 1 aromatic rings. The first-order valence-electron chi connectivity index (χ1n) is 4.83. The van der Waals surface area contributed by atoms with Crippen LogP contribution in [0.1, 0.15) is 11.1 Å². The van der Waals surface area contributed by atoms with Gasteiger partial charge in [0.05, 0.1) is 0 Å². The van der Waals surface area contributed by atoms with Gasteiger partial charge in [0.15, 0.2) is 5.92 Å². The molecule has 0 aliphatic heterocycles. The average Bonchev–Trinajstić information content (AvgIpc) is 2.58. The SMILES string of the molecule is O=C(O)C(C(=O)O)C1=Cc2ccccc2C1. The molecule has 0 heterocycles. The summed E-state index contributed by atoms with van der Waals surface area (Å²) in [5.41, 5.74) is 2.32. The van der Waals surface area contributed by atoms with Crippen molar-refractivity contribution in [3.8, 4) is 0 Å². The summed E-state index contributed by atoms with van der Waals surface area (Å²) in [6, 6.07) is 7.42. The standard InChI is InChI=1S/C12H10O4/c13-11(14)10(12(15)16)9-5-7-3-1-2-4-8(7)6-9/h1-5,10H,6H2,(H,13,14)(H,15,16). The van der Waals surface area contributed by atoms with Crippen molar-refractivity contribution in [1.29, 1.82) is 0 Å². The second-order valence-corrected chi connectivity index (χ2v) is 3.70. The molecule has 0 saturated heterocycles. The third kappa shape index (κ3) is 1.69. The summed E-state index contributed by atoms with van der Waals surface area (Å²) in [7, 11) is 0. The first kappa shape index (κ1) is 10.4. The predicted octanol–water partition coefficient (Wildman–Crippen LogP) is 1.41. The number of rotatable bonds is 3. The molecular weight excluding hydrogens is 208 g/mol. The highest BCUT2D eigenvalue weighted by Gasteiger charge is 2.32. The Kier molecular flexibility index (Phi) is 2.48. The summed E-state index contributed by atoms with van der Waals surface area (Å²) < 4.78 is 0. The number of carboxylic acid groups (broad SMARTS) is 2. The molecule has 0 saturated carbocycles. The van der Waals surface area contributed by atoms with Crippen LogP contribution < -0.4 is 0 Å². The number of hydrogen-bond donors (Lipinski definition) is 2. The van der Waals surface area contributed by atoms with Gasteiger partial charge in [0, 0.05) is 0 Å². The fraction of sp³-hybridized carbons (Fsp3) is 0.167. The number of fused-ring (bicyclic) bond motifs is 1. The summed E-state index contributed by atoms with van der Waals surface area (Å²) >= 11 is 0. The Balaban J connectivity index is 2.33. The molecule has 0 atom stereocenters. The highest BCUT2D eigenvalue weighted by molar-refractivity contribution is 5.98. The van der Waals surface area contributed by atoms with Crippen LogP contribution in [-0.2, 0) is 16.0 Å². The number of benzene rings is 1. The molecule has 0 aromatic heterocycles. The van der Waals surface area contributed by atoms with Crippen LogP contribution in [0.2, 0.25) is 0 Å². The van der Waals surface area contributed by atoms with E-state index in [1.807, 2.05) is 24.3 Å². The van der Waals surface area contributed by atoms with Crippen molar-refractivity contribution in [2.75, 3.05) is 0 Å². The van der Waals surface area contributed by atoms with Gasteiger partial charge in [-0.25, -0.2) is 0 Å². The number of aliphatic carboxylic acids is 2. The van der Waals surface area contributed by atoms with Crippen LogP contribution in [0.25, 0.3) is 6.08 Å². The third-order valence-electron chi connectivity index (χ3n) is 2.66. The van der Waals surface area contributed by atoms with E-state index < -0.39 is 17.9 Å². The van der Waals surface area contributed by atoms with Crippen molar-refractivity contribution in [1.82, 2.24) is 0 Å². The molecule has 2 rings (SSSR count). The van der Waals surface area contributed by atoms with Crippen molar-refractivity contribution >= 4 is 18.0 Å². The Morgan fingerprint density at radius 3 is 2.31 bits per heavy atom. The lowest BCUT2D eigenvalue weighted by molar-refractivity contribution is -0.152. The summed E-state index contributed by atoms with van der Waals surface area (Å²) in [4.78, 5) is 21.7. The topological polar surface area (TPSA) is 74.6 Å². The highest BCUT2D eigenvalue weighted by Crippen LogP contribution is 2.29. The fourth-order valence-electron chi connectivity index (χ4n) is 1.91. The molecule has 4 heteroatoms. The molecule has 1 aliphatic rings. The van der Waals surface area contributed by atoms with Crippen LogP contribution in [0.3, 0.4) is 0 Å². The minimum Gasteiger partial charge on any atom is -0.480 e. The van der Waals surface area contributed by atoms with E-state index in [0.29, 0.717) is 12.0 Å². The van der Waals surface area contributed by atoms with Gasteiger partial charge < -0.3 is 10.2 Å². The molecule has 0 bridgehead atoms. The molecule has 0 amide bonds. The van der Waals surface area contributed by atoms with E-state index in [1.54, 1.807) is 6.08 Å². The number of hydrogen-bond acceptors (Lipinski definition) is 2. The van der Waals surface area contributed by atoms with E-state index in [-0.39, 0.29) is 0 Å². The second kappa shape index (κ2) is 3.81. The van der Waals surface area contributed by atoms with Crippen LogP contribution in [-0.4, -0.2) is 22.2 Å².